The molecule has 0 saturated carbocycles. The van der Waals surface area contributed by atoms with E-state index >= 15 is 0 Å². The molecule has 33 heavy (non-hydrogen) atoms. The zero-order chi connectivity index (χ0) is 23.9. The molecule has 174 valence electrons. The van der Waals surface area contributed by atoms with Gasteiger partial charge in [-0.3, -0.25) is 9.59 Å². The molecule has 0 unspecified atom stereocenters. The second-order valence-electron chi connectivity index (χ2n) is 7.77. The molecule has 1 aromatic heterocycles. The maximum absolute atomic E-state index is 13.1. The predicted octanol–water partition coefficient (Wildman–Crippen LogP) is 0.957. The molecule has 1 saturated heterocycles. The summed E-state index contributed by atoms with van der Waals surface area (Å²) < 4.78 is 16.2. The molecular formula is C23H22O10. The lowest BCUT2D eigenvalue weighted by molar-refractivity contribution is -0.234. The molecular weight excluding hydrogens is 436 g/mol. The Labute approximate surface area is 186 Å². The van der Waals surface area contributed by atoms with Gasteiger partial charge in [-0.25, -0.2) is 0 Å². The highest BCUT2D eigenvalue weighted by Crippen LogP contribution is 2.40. The van der Waals surface area contributed by atoms with Gasteiger partial charge in [0.1, 0.15) is 60.5 Å². The Kier molecular flexibility index (Phi) is 6.09. The molecule has 1 aliphatic rings. The van der Waals surface area contributed by atoms with Crippen molar-refractivity contribution < 1.29 is 44.2 Å². The number of phenolic OH excluding ortho intramolecular Hbond substituents is 2. The van der Waals surface area contributed by atoms with Gasteiger partial charge in [0.15, 0.2) is 0 Å². The zero-order valence-electron chi connectivity index (χ0n) is 17.4. The van der Waals surface area contributed by atoms with Crippen LogP contribution in [0.4, 0.5) is 0 Å². The number of aliphatic hydroxyl groups is 3. The number of carbonyl (C=O) groups excluding carboxylic acids is 1. The molecule has 0 radical (unpaired) electrons. The van der Waals surface area contributed by atoms with Crippen LogP contribution in [-0.4, -0.2) is 62.5 Å². The number of benzene rings is 2. The number of esters is 1. The van der Waals surface area contributed by atoms with Crippen LogP contribution in [0.5, 0.6) is 11.5 Å². The topological polar surface area (TPSA) is 167 Å². The summed E-state index contributed by atoms with van der Waals surface area (Å²) in [5.74, 6) is -0.978. The molecule has 10 nitrogen and oxygen atoms in total. The molecule has 1 aliphatic heterocycles. The number of phenols is 2. The van der Waals surface area contributed by atoms with Crippen molar-refractivity contribution in [1.29, 1.82) is 0 Å². The lowest BCUT2D eigenvalue weighted by Gasteiger charge is -2.40. The first kappa shape index (κ1) is 22.7. The summed E-state index contributed by atoms with van der Waals surface area (Å²) >= 11 is 0. The highest BCUT2D eigenvalue weighted by Gasteiger charge is 2.46. The summed E-state index contributed by atoms with van der Waals surface area (Å²) in [4.78, 5) is 24.3. The van der Waals surface area contributed by atoms with E-state index in [9.17, 15) is 35.1 Å². The highest BCUT2D eigenvalue weighted by atomic mass is 16.6. The van der Waals surface area contributed by atoms with E-state index in [-0.39, 0.29) is 33.6 Å². The Morgan fingerprint density at radius 2 is 1.70 bits per heavy atom. The first-order chi connectivity index (χ1) is 15.7. The first-order valence-corrected chi connectivity index (χ1v) is 10.1. The minimum atomic E-state index is -1.69. The van der Waals surface area contributed by atoms with E-state index in [1.807, 2.05) is 0 Å². The Bertz CT molecular complexity index is 1230. The summed E-state index contributed by atoms with van der Waals surface area (Å²) in [6, 6.07) is 8.50. The van der Waals surface area contributed by atoms with Gasteiger partial charge in [0.25, 0.3) is 0 Å². The van der Waals surface area contributed by atoms with Gasteiger partial charge in [-0.05, 0) is 29.8 Å². The van der Waals surface area contributed by atoms with Crippen molar-refractivity contribution in [2.24, 2.45) is 0 Å². The van der Waals surface area contributed by atoms with Crippen LogP contribution in [0.25, 0.3) is 22.1 Å². The number of rotatable bonds is 4. The number of carbonyl (C=O) groups is 1. The molecule has 0 aliphatic carbocycles. The second-order valence-corrected chi connectivity index (χ2v) is 7.77. The smallest absolute Gasteiger partial charge is 0.302 e. The van der Waals surface area contributed by atoms with Crippen molar-refractivity contribution in [3.8, 4) is 22.6 Å². The Morgan fingerprint density at radius 1 is 1.00 bits per heavy atom. The number of ether oxygens (including phenoxy) is 2. The van der Waals surface area contributed by atoms with E-state index in [0.717, 1.165) is 6.92 Å². The SMILES string of the molecule is CC(=O)OC[C@H]1O[C@H](c2c(O)ccc3c(=O)c(-c4ccc(O)cc4)coc23)[C@@H](O)[C@H](O)[C@H]1O. The summed E-state index contributed by atoms with van der Waals surface area (Å²) in [5, 5.41) is 51.2. The maximum Gasteiger partial charge on any atom is 0.302 e. The van der Waals surface area contributed by atoms with Gasteiger partial charge in [0.2, 0.25) is 5.43 Å². The third-order valence-corrected chi connectivity index (χ3v) is 5.58. The number of hydrogen-bond acceptors (Lipinski definition) is 10. The quantitative estimate of drug-likeness (QED) is 0.355. The van der Waals surface area contributed by atoms with Crippen LogP contribution >= 0.6 is 0 Å². The lowest BCUT2D eigenvalue weighted by Crippen LogP contribution is -2.55. The molecule has 3 aromatic rings. The van der Waals surface area contributed by atoms with E-state index in [4.69, 9.17) is 13.9 Å². The fraction of sp³-hybridized carbons (Fsp3) is 0.304. The van der Waals surface area contributed by atoms with Crippen molar-refractivity contribution in [2.75, 3.05) is 6.61 Å². The van der Waals surface area contributed by atoms with Crippen LogP contribution < -0.4 is 5.43 Å². The predicted molar refractivity (Wildman–Crippen MR) is 114 cm³/mol. The molecule has 0 amide bonds. The van der Waals surface area contributed by atoms with Crippen LogP contribution in [0.2, 0.25) is 0 Å². The summed E-state index contributed by atoms with van der Waals surface area (Å²) in [6.45, 7) is 0.756. The molecule has 2 aromatic carbocycles. The molecule has 2 heterocycles. The zero-order valence-corrected chi connectivity index (χ0v) is 17.4. The average molecular weight is 458 g/mol. The minimum Gasteiger partial charge on any atom is -0.508 e. The van der Waals surface area contributed by atoms with Crippen molar-refractivity contribution in [3.05, 3.63) is 58.4 Å². The van der Waals surface area contributed by atoms with Crippen molar-refractivity contribution >= 4 is 16.9 Å². The molecule has 1 fully saturated rings. The van der Waals surface area contributed by atoms with Crippen molar-refractivity contribution in [2.45, 2.75) is 37.4 Å². The fourth-order valence-corrected chi connectivity index (χ4v) is 3.85. The normalized spacial score (nSPS) is 25.2. The van der Waals surface area contributed by atoms with E-state index < -0.39 is 48.5 Å². The third-order valence-electron chi connectivity index (χ3n) is 5.58. The number of aromatic hydroxyl groups is 2. The second kappa shape index (κ2) is 8.83. The molecule has 5 N–H and O–H groups in total. The van der Waals surface area contributed by atoms with Crippen LogP contribution in [0.1, 0.15) is 18.6 Å². The van der Waals surface area contributed by atoms with Crippen LogP contribution in [0.15, 0.2) is 51.9 Å². The van der Waals surface area contributed by atoms with E-state index in [2.05, 4.69) is 0 Å². The number of hydrogen-bond donors (Lipinski definition) is 5. The summed E-state index contributed by atoms with van der Waals surface area (Å²) in [6.07, 6.45) is -6.39. The molecule has 10 heteroatoms. The van der Waals surface area contributed by atoms with Gasteiger partial charge in [-0.1, -0.05) is 12.1 Å². The van der Waals surface area contributed by atoms with Gasteiger partial charge < -0.3 is 39.4 Å². The Morgan fingerprint density at radius 3 is 2.36 bits per heavy atom. The molecule has 0 bridgehead atoms. The van der Waals surface area contributed by atoms with E-state index in [0.29, 0.717) is 5.56 Å². The molecule has 5 atom stereocenters. The van der Waals surface area contributed by atoms with Crippen LogP contribution in [0.3, 0.4) is 0 Å². The van der Waals surface area contributed by atoms with Crippen molar-refractivity contribution in [3.63, 3.8) is 0 Å². The maximum atomic E-state index is 13.1. The first-order valence-electron chi connectivity index (χ1n) is 10.1. The number of aliphatic hydroxyl groups excluding tert-OH is 3. The van der Waals surface area contributed by atoms with Gasteiger partial charge in [-0.2, -0.15) is 0 Å². The average Bonchev–Trinajstić information content (AvgIpc) is 2.78. The Hall–Kier alpha value is -3.44. The van der Waals surface area contributed by atoms with Gasteiger partial charge in [0, 0.05) is 6.92 Å². The Balaban J connectivity index is 1.80. The van der Waals surface area contributed by atoms with E-state index in [1.54, 1.807) is 12.1 Å². The van der Waals surface area contributed by atoms with Crippen LogP contribution in [0, 0.1) is 0 Å². The highest BCUT2D eigenvalue weighted by molar-refractivity contribution is 5.86. The van der Waals surface area contributed by atoms with Gasteiger partial charge in [-0.15, -0.1) is 0 Å². The van der Waals surface area contributed by atoms with Gasteiger partial charge in [0.05, 0.1) is 16.5 Å². The number of fused-ring (bicyclic) bond motifs is 1. The molecule has 0 spiro atoms. The van der Waals surface area contributed by atoms with E-state index in [1.165, 1.54) is 30.5 Å². The third kappa shape index (κ3) is 4.16. The van der Waals surface area contributed by atoms with Crippen LogP contribution in [-0.2, 0) is 14.3 Å². The lowest BCUT2D eigenvalue weighted by atomic mass is 9.89. The van der Waals surface area contributed by atoms with Crippen molar-refractivity contribution in [1.82, 2.24) is 0 Å². The largest absolute Gasteiger partial charge is 0.508 e. The standard InChI is InChI=1S/C23H22O10/c1-10(24)31-9-16-19(28)20(29)21(30)23(33-16)17-15(26)7-6-13-18(27)14(8-32-22(13)17)11-2-4-12(25)5-3-11/h2-8,16,19-21,23,25-26,28-30H,9H2,1H3/t16-,19+,20-,21+,23-/m1/s1. The molecule has 4 rings (SSSR count). The monoisotopic (exact) mass is 458 g/mol. The van der Waals surface area contributed by atoms with Gasteiger partial charge >= 0.3 is 5.97 Å². The summed E-state index contributed by atoms with van der Waals surface area (Å²) in [5.41, 5.74) is 0.0690. The summed E-state index contributed by atoms with van der Waals surface area (Å²) in [7, 11) is 0. The minimum absolute atomic E-state index is 0.0311. The fourth-order valence-electron chi connectivity index (χ4n) is 3.85.